The van der Waals surface area contributed by atoms with Gasteiger partial charge in [-0.05, 0) is 42.3 Å². The molecule has 0 fully saturated rings. The molecule has 4 nitrogen and oxygen atoms in total. The number of hydrogen-bond donors (Lipinski definition) is 2. The third-order valence-corrected chi connectivity index (χ3v) is 2.76. The van der Waals surface area contributed by atoms with Crippen molar-refractivity contribution in [1.82, 2.24) is 5.43 Å². The summed E-state index contributed by atoms with van der Waals surface area (Å²) >= 11 is 0. The molecule has 0 saturated heterocycles. The zero-order chi connectivity index (χ0) is 15.1. The number of aromatic hydroxyl groups is 1. The van der Waals surface area contributed by atoms with Gasteiger partial charge in [-0.3, -0.25) is 4.79 Å². The smallest absolute Gasteiger partial charge is 0.271 e. The van der Waals surface area contributed by atoms with E-state index in [1.54, 1.807) is 6.21 Å². The molecule has 0 radical (unpaired) electrons. The van der Waals surface area contributed by atoms with E-state index in [2.05, 4.69) is 10.5 Å². The minimum absolute atomic E-state index is 0.122. The third-order valence-electron chi connectivity index (χ3n) is 2.76. The van der Waals surface area contributed by atoms with Crippen LogP contribution in [0.3, 0.4) is 0 Å². The fourth-order valence-corrected chi connectivity index (χ4v) is 1.72. The first kappa shape index (κ1) is 14.5. The Balaban J connectivity index is 1.94. The second-order valence-electron chi connectivity index (χ2n) is 4.55. The molecule has 0 aromatic heterocycles. The van der Waals surface area contributed by atoms with Gasteiger partial charge in [0.25, 0.3) is 5.91 Å². The van der Waals surface area contributed by atoms with Crippen LogP contribution in [-0.2, 0) is 0 Å². The predicted molar refractivity (Wildman–Crippen MR) is 84.2 cm³/mol. The predicted octanol–water partition coefficient (Wildman–Crippen LogP) is 3.21. The highest BCUT2D eigenvalue weighted by Crippen LogP contribution is 2.09. The van der Waals surface area contributed by atoms with Gasteiger partial charge in [0.05, 0.1) is 6.21 Å². The number of nitrogens with zero attached hydrogens (tertiary/aromatic N) is 1. The zero-order valence-electron chi connectivity index (χ0n) is 11.7. The molecule has 2 aromatic rings. The van der Waals surface area contributed by atoms with Gasteiger partial charge in [0, 0.05) is 5.56 Å². The van der Waals surface area contributed by atoms with Crippen LogP contribution < -0.4 is 5.43 Å². The van der Waals surface area contributed by atoms with Crippen LogP contribution in [0.5, 0.6) is 5.75 Å². The van der Waals surface area contributed by atoms with E-state index in [1.807, 2.05) is 43.3 Å². The molecular formula is C17H16N2O2. The van der Waals surface area contributed by atoms with Crippen LogP contribution in [0.25, 0.3) is 6.08 Å². The van der Waals surface area contributed by atoms with Crippen LogP contribution in [0.1, 0.15) is 22.8 Å². The highest BCUT2D eigenvalue weighted by atomic mass is 16.3. The van der Waals surface area contributed by atoms with Gasteiger partial charge in [-0.15, -0.1) is 0 Å². The molecule has 0 bridgehead atoms. The van der Waals surface area contributed by atoms with E-state index in [1.165, 1.54) is 24.3 Å². The molecule has 0 aliphatic rings. The standard InChI is InChI=1S/C17H16N2O2/c1-13(11-14-5-3-2-4-6-14)12-18-19-17(21)15-7-9-16(20)10-8-15/h2-12,20H,1H3,(H,19,21)/b13-11-,18-12-. The van der Waals surface area contributed by atoms with Gasteiger partial charge in [0.2, 0.25) is 0 Å². The Morgan fingerprint density at radius 1 is 1.10 bits per heavy atom. The van der Waals surface area contributed by atoms with E-state index in [0.717, 1.165) is 11.1 Å². The molecule has 2 aromatic carbocycles. The number of carbonyl (C=O) groups excluding carboxylic acids is 1. The first-order chi connectivity index (χ1) is 10.1. The lowest BCUT2D eigenvalue weighted by atomic mass is 10.1. The highest BCUT2D eigenvalue weighted by Gasteiger charge is 2.02. The van der Waals surface area contributed by atoms with E-state index in [0.29, 0.717) is 5.56 Å². The minimum atomic E-state index is -0.321. The number of rotatable bonds is 4. The van der Waals surface area contributed by atoms with Crippen molar-refractivity contribution in [3.8, 4) is 5.75 Å². The van der Waals surface area contributed by atoms with Crippen molar-refractivity contribution in [3.63, 3.8) is 0 Å². The lowest BCUT2D eigenvalue weighted by Crippen LogP contribution is -2.17. The molecule has 0 unspecified atom stereocenters. The molecule has 2 rings (SSSR count). The number of hydrazone groups is 1. The van der Waals surface area contributed by atoms with Crippen molar-refractivity contribution in [3.05, 3.63) is 71.3 Å². The van der Waals surface area contributed by atoms with Gasteiger partial charge in [0.15, 0.2) is 0 Å². The molecule has 0 heterocycles. The largest absolute Gasteiger partial charge is 0.508 e. The maximum Gasteiger partial charge on any atom is 0.271 e. The number of phenolic OH excluding ortho intramolecular Hbond substituents is 1. The molecule has 2 N–H and O–H groups in total. The summed E-state index contributed by atoms with van der Waals surface area (Å²) in [6.07, 6.45) is 3.56. The molecule has 21 heavy (non-hydrogen) atoms. The number of benzene rings is 2. The van der Waals surface area contributed by atoms with E-state index in [4.69, 9.17) is 5.11 Å². The molecule has 0 aliphatic heterocycles. The van der Waals surface area contributed by atoms with Crippen LogP contribution in [0.2, 0.25) is 0 Å². The monoisotopic (exact) mass is 280 g/mol. The van der Waals surface area contributed by atoms with Gasteiger partial charge in [-0.2, -0.15) is 5.10 Å². The quantitative estimate of drug-likeness (QED) is 0.667. The summed E-state index contributed by atoms with van der Waals surface area (Å²) in [5.41, 5.74) is 4.88. The van der Waals surface area contributed by atoms with E-state index >= 15 is 0 Å². The summed E-state index contributed by atoms with van der Waals surface area (Å²) < 4.78 is 0. The number of hydrogen-bond acceptors (Lipinski definition) is 3. The Bertz CT molecular complexity index is 659. The van der Waals surface area contributed by atoms with Crippen LogP contribution in [0.4, 0.5) is 0 Å². The van der Waals surface area contributed by atoms with Crippen LogP contribution in [-0.4, -0.2) is 17.2 Å². The van der Waals surface area contributed by atoms with Gasteiger partial charge >= 0.3 is 0 Å². The average Bonchev–Trinajstić information content (AvgIpc) is 2.49. The number of phenols is 1. The fraction of sp³-hybridized carbons (Fsp3) is 0.0588. The molecule has 0 atom stereocenters. The molecular weight excluding hydrogens is 264 g/mol. The van der Waals surface area contributed by atoms with Crippen molar-refractivity contribution in [2.75, 3.05) is 0 Å². The minimum Gasteiger partial charge on any atom is -0.508 e. The summed E-state index contributed by atoms with van der Waals surface area (Å²) in [4.78, 5) is 11.8. The highest BCUT2D eigenvalue weighted by molar-refractivity contribution is 5.95. The van der Waals surface area contributed by atoms with Gasteiger partial charge < -0.3 is 5.11 Å². The summed E-state index contributed by atoms with van der Waals surface area (Å²) in [6.45, 7) is 1.91. The number of carbonyl (C=O) groups is 1. The molecule has 4 heteroatoms. The summed E-state index contributed by atoms with van der Waals surface area (Å²) in [5, 5.41) is 13.1. The molecule has 106 valence electrons. The van der Waals surface area contributed by atoms with Crippen molar-refractivity contribution >= 4 is 18.2 Å². The SMILES string of the molecule is CC(/C=N\NC(=O)c1ccc(O)cc1)=C/c1ccccc1. The second-order valence-corrected chi connectivity index (χ2v) is 4.55. The fourth-order valence-electron chi connectivity index (χ4n) is 1.72. The Morgan fingerprint density at radius 3 is 2.43 bits per heavy atom. The van der Waals surface area contributed by atoms with Crippen LogP contribution >= 0.6 is 0 Å². The third kappa shape index (κ3) is 4.62. The maximum absolute atomic E-state index is 11.8. The molecule has 1 amide bonds. The number of allylic oxidation sites excluding steroid dienone is 1. The van der Waals surface area contributed by atoms with Crippen molar-refractivity contribution in [2.45, 2.75) is 6.92 Å². The average molecular weight is 280 g/mol. The maximum atomic E-state index is 11.8. The molecule has 0 saturated carbocycles. The topological polar surface area (TPSA) is 61.7 Å². The lowest BCUT2D eigenvalue weighted by molar-refractivity contribution is 0.0955. The normalized spacial score (nSPS) is 11.6. The van der Waals surface area contributed by atoms with Crippen molar-refractivity contribution < 1.29 is 9.90 Å². The van der Waals surface area contributed by atoms with Gasteiger partial charge in [0.1, 0.15) is 5.75 Å². The Kier molecular flexibility index (Phi) is 4.88. The zero-order valence-corrected chi connectivity index (χ0v) is 11.7. The van der Waals surface area contributed by atoms with Gasteiger partial charge in [-0.25, -0.2) is 5.43 Å². The Hall–Kier alpha value is -2.88. The first-order valence-corrected chi connectivity index (χ1v) is 6.51. The number of nitrogens with one attached hydrogen (secondary N) is 1. The number of amides is 1. The lowest BCUT2D eigenvalue weighted by Gasteiger charge is -2.00. The van der Waals surface area contributed by atoms with Gasteiger partial charge in [-0.1, -0.05) is 36.4 Å². The Morgan fingerprint density at radius 2 is 1.76 bits per heavy atom. The van der Waals surface area contributed by atoms with Crippen LogP contribution in [0.15, 0.2) is 65.3 Å². The summed E-state index contributed by atoms with van der Waals surface area (Å²) in [5.74, 6) is -0.199. The van der Waals surface area contributed by atoms with Crippen molar-refractivity contribution in [2.24, 2.45) is 5.10 Å². The summed E-state index contributed by atoms with van der Waals surface area (Å²) in [7, 11) is 0. The van der Waals surface area contributed by atoms with E-state index in [-0.39, 0.29) is 11.7 Å². The Labute approximate surface area is 123 Å². The molecule has 0 aliphatic carbocycles. The summed E-state index contributed by atoms with van der Waals surface area (Å²) in [6, 6.07) is 15.8. The van der Waals surface area contributed by atoms with Crippen molar-refractivity contribution in [1.29, 1.82) is 0 Å². The van der Waals surface area contributed by atoms with E-state index < -0.39 is 0 Å². The first-order valence-electron chi connectivity index (χ1n) is 6.51. The van der Waals surface area contributed by atoms with E-state index in [9.17, 15) is 4.79 Å². The molecule has 0 spiro atoms. The van der Waals surface area contributed by atoms with Crippen LogP contribution in [0, 0.1) is 0 Å². The second kappa shape index (κ2) is 7.05.